The Morgan fingerprint density at radius 1 is 1.10 bits per heavy atom. The molecule has 1 saturated heterocycles. The number of hydrogen-bond donors (Lipinski definition) is 2. The zero-order valence-electron chi connectivity index (χ0n) is 22.3. The number of halogens is 1. The first kappa shape index (κ1) is 26.2. The molecule has 3 aromatic heterocycles. The highest BCUT2D eigenvalue weighted by Gasteiger charge is 2.26. The van der Waals surface area contributed by atoms with Crippen LogP contribution in [-0.4, -0.2) is 62.5 Å². The van der Waals surface area contributed by atoms with Crippen LogP contribution in [0.25, 0.3) is 0 Å². The Labute approximate surface area is 237 Å². The number of hydrogen-bond acceptors (Lipinski definition) is 9. The van der Waals surface area contributed by atoms with Crippen molar-refractivity contribution < 1.29 is 9.32 Å². The number of fused-ring (bicyclic) bond motifs is 6. The van der Waals surface area contributed by atoms with Crippen LogP contribution in [0.3, 0.4) is 0 Å². The van der Waals surface area contributed by atoms with E-state index in [0.29, 0.717) is 28.5 Å². The number of likely N-dealkylation sites (tertiary alicyclic amines) is 1. The maximum absolute atomic E-state index is 12.6. The average Bonchev–Trinajstić information content (AvgIpc) is 3.50. The van der Waals surface area contributed by atoms with Crippen molar-refractivity contribution in [3.05, 3.63) is 82.6 Å². The molecule has 1 amide bonds. The summed E-state index contributed by atoms with van der Waals surface area (Å²) < 4.78 is 5.05. The van der Waals surface area contributed by atoms with E-state index in [2.05, 4.69) is 67.0 Å². The Balaban J connectivity index is 1.15. The minimum Gasteiger partial charge on any atom is -0.351 e. The normalized spacial score (nSPS) is 15.4. The highest BCUT2D eigenvalue weighted by atomic mass is 35.5. The van der Waals surface area contributed by atoms with Crippen LogP contribution in [0.4, 0.5) is 23.1 Å². The van der Waals surface area contributed by atoms with Crippen LogP contribution < -0.4 is 10.6 Å². The van der Waals surface area contributed by atoms with Gasteiger partial charge in [0.15, 0.2) is 5.82 Å². The zero-order chi connectivity index (χ0) is 27.5. The van der Waals surface area contributed by atoms with Gasteiger partial charge in [0, 0.05) is 44.1 Å². The Kier molecular flexibility index (Phi) is 7.61. The van der Waals surface area contributed by atoms with E-state index in [4.69, 9.17) is 16.1 Å². The number of rotatable bonds is 5. The van der Waals surface area contributed by atoms with Crippen LogP contribution in [0.15, 0.2) is 59.6 Å². The van der Waals surface area contributed by atoms with E-state index in [0.717, 1.165) is 68.8 Å². The van der Waals surface area contributed by atoms with Crippen molar-refractivity contribution in [1.29, 1.82) is 0 Å². The lowest BCUT2D eigenvalue weighted by Gasteiger charge is -2.33. The van der Waals surface area contributed by atoms with Crippen LogP contribution >= 0.6 is 11.6 Å². The van der Waals surface area contributed by atoms with Gasteiger partial charge in [0.2, 0.25) is 11.7 Å². The molecule has 0 radical (unpaired) electrons. The number of amides is 1. The van der Waals surface area contributed by atoms with Gasteiger partial charge in [-0.1, -0.05) is 22.8 Å². The second-order valence-corrected chi connectivity index (χ2v) is 10.9. The Bertz CT molecular complexity index is 1490. The standard InChI is InChI=1S/C29H31ClN8O2/c1-37(17-19-7-10-38(11-8-19)28(39)26-6-9-33-40-26)18-22-4-5-23-13-21(22)3-2-20-12-24(15-31-14-20)35-29-32-16-25(30)27(34-23)36-29/h4-6,9,12-16,19H,2-3,7-8,10-11,17-18H2,1H3,(H2,32,34,35,36). The van der Waals surface area contributed by atoms with Crippen molar-refractivity contribution in [2.24, 2.45) is 5.92 Å². The van der Waals surface area contributed by atoms with E-state index in [9.17, 15) is 4.79 Å². The summed E-state index contributed by atoms with van der Waals surface area (Å²) in [5.41, 5.74) is 5.47. The molecule has 2 N–H and O–H groups in total. The molecule has 0 aliphatic carbocycles. The second kappa shape index (κ2) is 11.6. The molecule has 1 aromatic carbocycles. The van der Waals surface area contributed by atoms with Gasteiger partial charge < -0.3 is 25.0 Å². The maximum Gasteiger partial charge on any atom is 0.292 e. The zero-order valence-corrected chi connectivity index (χ0v) is 23.1. The van der Waals surface area contributed by atoms with Crippen LogP contribution in [0.5, 0.6) is 0 Å². The number of anilines is 4. The molecule has 0 saturated carbocycles. The fourth-order valence-electron chi connectivity index (χ4n) is 5.44. The predicted molar refractivity (Wildman–Crippen MR) is 153 cm³/mol. The van der Waals surface area contributed by atoms with E-state index >= 15 is 0 Å². The minimum absolute atomic E-state index is 0.0750. The smallest absolute Gasteiger partial charge is 0.292 e. The van der Waals surface area contributed by atoms with Crippen molar-refractivity contribution in [3.63, 3.8) is 0 Å². The Hall–Kier alpha value is -4.02. The van der Waals surface area contributed by atoms with Crippen LogP contribution in [0.1, 0.15) is 40.1 Å². The van der Waals surface area contributed by atoms with Gasteiger partial charge in [0.1, 0.15) is 5.02 Å². The molecule has 6 bridgehead atoms. The molecule has 1 fully saturated rings. The number of aromatic nitrogens is 4. The third kappa shape index (κ3) is 6.08. The van der Waals surface area contributed by atoms with E-state index < -0.39 is 0 Å². The minimum atomic E-state index is -0.0750. The van der Waals surface area contributed by atoms with Gasteiger partial charge in [-0.15, -0.1) is 0 Å². The SMILES string of the molecule is CN(Cc1ccc2cc1CCc1cncc(c1)Nc1ncc(Cl)c(n1)N2)CC1CCN(C(=O)c2ccno2)CC1. The van der Waals surface area contributed by atoms with Gasteiger partial charge >= 0.3 is 0 Å². The molecule has 0 unspecified atom stereocenters. The lowest BCUT2D eigenvalue weighted by atomic mass is 9.95. The van der Waals surface area contributed by atoms with Crippen molar-refractivity contribution in [2.75, 3.05) is 37.3 Å². The summed E-state index contributed by atoms with van der Waals surface area (Å²) in [6.07, 6.45) is 10.5. The van der Waals surface area contributed by atoms with Gasteiger partial charge in [-0.3, -0.25) is 9.78 Å². The van der Waals surface area contributed by atoms with E-state index in [1.807, 2.05) is 11.1 Å². The number of carbonyl (C=O) groups is 1. The fourth-order valence-corrected chi connectivity index (χ4v) is 5.58. The molecule has 10 nitrogen and oxygen atoms in total. The predicted octanol–water partition coefficient (Wildman–Crippen LogP) is 5.08. The van der Waals surface area contributed by atoms with Crippen molar-refractivity contribution >= 4 is 40.6 Å². The number of benzene rings is 1. The number of aryl methyl sites for hydroxylation is 2. The molecular formula is C29H31ClN8O2. The van der Waals surface area contributed by atoms with Gasteiger partial charge in [0.25, 0.3) is 5.91 Å². The third-order valence-electron chi connectivity index (χ3n) is 7.51. The van der Waals surface area contributed by atoms with E-state index in [-0.39, 0.29) is 5.91 Å². The topological polar surface area (TPSA) is 112 Å². The third-order valence-corrected chi connectivity index (χ3v) is 7.78. The monoisotopic (exact) mass is 558 g/mol. The summed E-state index contributed by atoms with van der Waals surface area (Å²) in [6, 6.07) is 10.2. The van der Waals surface area contributed by atoms with E-state index in [1.54, 1.807) is 18.5 Å². The van der Waals surface area contributed by atoms with E-state index in [1.165, 1.54) is 17.3 Å². The summed E-state index contributed by atoms with van der Waals surface area (Å²) in [7, 11) is 2.17. The van der Waals surface area contributed by atoms with Crippen LogP contribution in [0, 0.1) is 5.92 Å². The van der Waals surface area contributed by atoms with Gasteiger partial charge in [-0.2, -0.15) is 4.98 Å². The average molecular weight is 559 g/mol. The lowest BCUT2D eigenvalue weighted by Crippen LogP contribution is -2.40. The first-order chi connectivity index (χ1) is 19.5. The summed E-state index contributed by atoms with van der Waals surface area (Å²) >= 11 is 6.41. The van der Waals surface area contributed by atoms with Crippen molar-refractivity contribution in [1.82, 2.24) is 29.9 Å². The van der Waals surface area contributed by atoms with Crippen LogP contribution in [-0.2, 0) is 19.4 Å². The molecule has 5 heterocycles. The highest BCUT2D eigenvalue weighted by molar-refractivity contribution is 6.32. The molecule has 206 valence electrons. The molecule has 0 atom stereocenters. The highest BCUT2D eigenvalue weighted by Crippen LogP contribution is 2.28. The molecule has 4 aromatic rings. The first-order valence-electron chi connectivity index (χ1n) is 13.5. The summed E-state index contributed by atoms with van der Waals surface area (Å²) in [4.78, 5) is 30.1. The number of carbonyl (C=O) groups excluding carboxylic acids is 1. The summed E-state index contributed by atoms with van der Waals surface area (Å²) in [5, 5.41) is 10.7. The molecule has 2 aliphatic rings. The summed E-state index contributed by atoms with van der Waals surface area (Å²) in [5.74, 6) is 1.77. The quantitative estimate of drug-likeness (QED) is 0.346. The molecule has 40 heavy (non-hydrogen) atoms. The second-order valence-electron chi connectivity index (χ2n) is 10.5. The van der Waals surface area contributed by atoms with Crippen LogP contribution in [0.2, 0.25) is 5.02 Å². The van der Waals surface area contributed by atoms with Crippen molar-refractivity contribution in [3.8, 4) is 0 Å². The van der Waals surface area contributed by atoms with Gasteiger partial charge in [0.05, 0.1) is 24.3 Å². The molecule has 11 heteroatoms. The molecule has 6 rings (SSSR count). The maximum atomic E-state index is 12.6. The molecular weight excluding hydrogens is 528 g/mol. The molecule has 0 spiro atoms. The van der Waals surface area contributed by atoms with Gasteiger partial charge in [-0.25, -0.2) is 4.98 Å². The summed E-state index contributed by atoms with van der Waals surface area (Å²) in [6.45, 7) is 3.28. The Morgan fingerprint density at radius 2 is 1.98 bits per heavy atom. The molecule has 2 aliphatic heterocycles. The first-order valence-corrected chi connectivity index (χ1v) is 13.9. The largest absolute Gasteiger partial charge is 0.351 e. The fraction of sp³-hybridized carbons (Fsp3) is 0.345. The Morgan fingerprint density at radius 3 is 2.80 bits per heavy atom. The van der Waals surface area contributed by atoms with Crippen molar-refractivity contribution in [2.45, 2.75) is 32.2 Å². The van der Waals surface area contributed by atoms with Gasteiger partial charge in [-0.05, 0) is 73.5 Å². The number of nitrogens with zero attached hydrogens (tertiary/aromatic N) is 6. The lowest BCUT2D eigenvalue weighted by molar-refractivity contribution is 0.0631. The number of piperidine rings is 1. The number of pyridine rings is 1. The number of nitrogens with one attached hydrogen (secondary N) is 2.